The summed E-state index contributed by atoms with van der Waals surface area (Å²) in [6, 6.07) is 7.31. The summed E-state index contributed by atoms with van der Waals surface area (Å²) >= 11 is 2.94. The van der Waals surface area contributed by atoms with Crippen LogP contribution in [0.5, 0.6) is 0 Å². The van der Waals surface area contributed by atoms with Gasteiger partial charge < -0.3 is 5.32 Å². The fourth-order valence-corrected chi connectivity index (χ4v) is 4.83. The van der Waals surface area contributed by atoms with Crippen LogP contribution < -0.4 is 11.0 Å². The number of rotatable bonds is 2. The predicted molar refractivity (Wildman–Crippen MR) is 105 cm³/mol. The molecule has 9 heteroatoms. The van der Waals surface area contributed by atoms with Crippen LogP contribution in [0.3, 0.4) is 0 Å². The molecule has 0 aliphatic heterocycles. The fraction of sp³-hybridized carbons (Fsp3) is 0.118. The van der Waals surface area contributed by atoms with E-state index in [2.05, 4.69) is 10.3 Å². The van der Waals surface area contributed by atoms with E-state index in [1.807, 2.05) is 34.2 Å². The number of fused-ring (bicyclic) bond motifs is 4. The Labute approximate surface area is 154 Å². The summed E-state index contributed by atoms with van der Waals surface area (Å²) < 4.78 is 5.14. The Balaban J connectivity index is 1.51. The van der Waals surface area contributed by atoms with Crippen LogP contribution in [0, 0.1) is 0 Å². The zero-order chi connectivity index (χ0) is 18.0. The molecule has 0 saturated heterocycles. The maximum atomic E-state index is 12.6. The SMILES string of the molecule is Cn1c(=O)n(C)c2cc(NC(=O)c3cc4c(nc5sccn54)s3)ccc21. The zero-order valence-corrected chi connectivity index (χ0v) is 15.5. The van der Waals surface area contributed by atoms with Gasteiger partial charge in [-0.1, -0.05) is 0 Å². The van der Waals surface area contributed by atoms with E-state index in [-0.39, 0.29) is 11.6 Å². The van der Waals surface area contributed by atoms with Crippen LogP contribution in [-0.4, -0.2) is 24.4 Å². The Morgan fingerprint density at radius 3 is 2.77 bits per heavy atom. The molecule has 0 unspecified atom stereocenters. The van der Waals surface area contributed by atoms with Crippen molar-refractivity contribution in [3.63, 3.8) is 0 Å². The first kappa shape index (κ1) is 15.4. The monoisotopic (exact) mass is 383 g/mol. The number of hydrogen-bond donors (Lipinski definition) is 1. The molecule has 0 bridgehead atoms. The molecular formula is C17H13N5O2S2. The maximum Gasteiger partial charge on any atom is 0.328 e. The molecule has 0 fully saturated rings. The van der Waals surface area contributed by atoms with E-state index in [9.17, 15) is 9.59 Å². The van der Waals surface area contributed by atoms with Crippen LogP contribution >= 0.6 is 22.7 Å². The minimum atomic E-state index is -0.183. The van der Waals surface area contributed by atoms with Crippen LogP contribution in [-0.2, 0) is 14.1 Å². The smallest absolute Gasteiger partial charge is 0.321 e. The van der Waals surface area contributed by atoms with Crippen LogP contribution in [0.4, 0.5) is 5.69 Å². The summed E-state index contributed by atoms with van der Waals surface area (Å²) in [7, 11) is 3.45. The predicted octanol–water partition coefficient (Wildman–Crippen LogP) is 3.05. The number of thiazole rings is 1. The average molecular weight is 383 g/mol. The van der Waals surface area contributed by atoms with Gasteiger partial charge in [0.15, 0.2) is 4.96 Å². The van der Waals surface area contributed by atoms with Crippen molar-refractivity contribution in [3.8, 4) is 0 Å². The molecule has 0 aliphatic rings. The molecule has 7 nitrogen and oxygen atoms in total. The summed E-state index contributed by atoms with van der Waals surface area (Å²) in [5.41, 5.74) is 3.10. The number of carbonyl (C=O) groups excluding carboxylic acids is 1. The highest BCUT2D eigenvalue weighted by Crippen LogP contribution is 2.29. The van der Waals surface area contributed by atoms with Gasteiger partial charge in [-0.2, -0.15) is 0 Å². The van der Waals surface area contributed by atoms with Gasteiger partial charge in [0.05, 0.1) is 21.4 Å². The molecule has 1 N–H and O–H groups in total. The van der Waals surface area contributed by atoms with E-state index >= 15 is 0 Å². The molecule has 4 aromatic heterocycles. The van der Waals surface area contributed by atoms with Gasteiger partial charge in [-0.3, -0.25) is 18.3 Å². The number of anilines is 1. The summed E-state index contributed by atoms with van der Waals surface area (Å²) in [6.07, 6.45) is 1.95. The number of carbonyl (C=O) groups is 1. The number of amides is 1. The molecule has 5 aromatic rings. The molecular weight excluding hydrogens is 370 g/mol. The van der Waals surface area contributed by atoms with Gasteiger partial charge in [0.2, 0.25) is 0 Å². The first-order valence-electron chi connectivity index (χ1n) is 7.85. The lowest BCUT2D eigenvalue weighted by Crippen LogP contribution is -2.19. The molecule has 0 aliphatic carbocycles. The molecule has 0 radical (unpaired) electrons. The van der Waals surface area contributed by atoms with Gasteiger partial charge in [0.25, 0.3) is 5.91 Å². The Kier molecular flexibility index (Phi) is 3.12. The van der Waals surface area contributed by atoms with Gasteiger partial charge >= 0.3 is 5.69 Å². The van der Waals surface area contributed by atoms with Crippen LogP contribution in [0.25, 0.3) is 26.3 Å². The van der Waals surface area contributed by atoms with Crippen LogP contribution in [0.2, 0.25) is 0 Å². The molecule has 5 rings (SSSR count). The number of benzene rings is 1. The molecule has 4 heterocycles. The minimum absolute atomic E-state index is 0.0941. The summed E-state index contributed by atoms with van der Waals surface area (Å²) in [6.45, 7) is 0. The summed E-state index contributed by atoms with van der Waals surface area (Å²) in [4.78, 5) is 31.6. The second kappa shape index (κ2) is 5.29. The topological polar surface area (TPSA) is 73.3 Å². The lowest BCUT2D eigenvalue weighted by atomic mass is 10.2. The largest absolute Gasteiger partial charge is 0.328 e. The van der Waals surface area contributed by atoms with Crippen molar-refractivity contribution in [2.45, 2.75) is 0 Å². The van der Waals surface area contributed by atoms with E-state index < -0.39 is 0 Å². The number of aryl methyl sites for hydroxylation is 2. The first-order chi connectivity index (χ1) is 12.5. The zero-order valence-electron chi connectivity index (χ0n) is 13.9. The second-order valence-corrected chi connectivity index (χ2v) is 7.93. The van der Waals surface area contributed by atoms with Crippen LogP contribution in [0.15, 0.2) is 40.6 Å². The molecule has 26 heavy (non-hydrogen) atoms. The van der Waals surface area contributed by atoms with Crippen molar-refractivity contribution in [1.29, 1.82) is 0 Å². The van der Waals surface area contributed by atoms with Crippen LogP contribution in [0.1, 0.15) is 9.67 Å². The van der Waals surface area contributed by atoms with Gasteiger partial charge in [-0.25, -0.2) is 9.78 Å². The number of nitrogens with zero attached hydrogens (tertiary/aromatic N) is 4. The number of nitrogens with one attached hydrogen (secondary N) is 1. The highest BCUT2D eigenvalue weighted by molar-refractivity contribution is 7.21. The van der Waals surface area contributed by atoms with E-state index in [1.165, 1.54) is 11.3 Å². The van der Waals surface area contributed by atoms with Crippen molar-refractivity contribution in [3.05, 3.63) is 51.2 Å². The Morgan fingerprint density at radius 2 is 1.92 bits per heavy atom. The van der Waals surface area contributed by atoms with E-state index in [1.54, 1.807) is 40.6 Å². The maximum absolute atomic E-state index is 12.6. The first-order valence-corrected chi connectivity index (χ1v) is 9.54. The number of imidazole rings is 2. The summed E-state index contributed by atoms with van der Waals surface area (Å²) in [5.74, 6) is -0.183. The quantitative estimate of drug-likeness (QED) is 0.509. The molecule has 1 amide bonds. The number of thiophene rings is 1. The van der Waals surface area contributed by atoms with Crippen molar-refractivity contribution < 1.29 is 4.79 Å². The lowest BCUT2D eigenvalue weighted by molar-refractivity contribution is 0.103. The molecule has 1 aromatic carbocycles. The fourth-order valence-electron chi connectivity index (χ4n) is 3.14. The lowest BCUT2D eigenvalue weighted by Gasteiger charge is -2.04. The van der Waals surface area contributed by atoms with Crippen molar-refractivity contribution in [1.82, 2.24) is 18.5 Å². The third-order valence-electron chi connectivity index (χ3n) is 4.49. The standard InChI is InChI=1S/C17H13N5O2S2/c1-20-10-4-3-9(7-11(10)21(2)17(20)24)18-14(23)13-8-12-15(26-13)19-16-22(12)5-6-25-16/h3-8H,1-2H3,(H,18,23). The highest BCUT2D eigenvalue weighted by atomic mass is 32.1. The number of hydrogen-bond acceptors (Lipinski definition) is 5. The normalized spacial score (nSPS) is 11.8. The van der Waals surface area contributed by atoms with Crippen molar-refractivity contribution in [2.24, 2.45) is 14.1 Å². The van der Waals surface area contributed by atoms with E-state index in [4.69, 9.17) is 0 Å². The van der Waals surface area contributed by atoms with Crippen molar-refractivity contribution >= 4 is 60.6 Å². The van der Waals surface area contributed by atoms with Gasteiger partial charge in [-0.05, 0) is 24.3 Å². The van der Waals surface area contributed by atoms with Crippen molar-refractivity contribution in [2.75, 3.05) is 5.32 Å². The highest BCUT2D eigenvalue weighted by Gasteiger charge is 2.16. The Morgan fingerprint density at radius 1 is 1.12 bits per heavy atom. The average Bonchev–Trinajstić information content (AvgIpc) is 3.34. The Hall–Kier alpha value is -2.91. The summed E-state index contributed by atoms with van der Waals surface area (Å²) in [5, 5.41) is 4.88. The Bertz CT molecular complexity index is 1380. The van der Waals surface area contributed by atoms with E-state index in [0.717, 1.165) is 26.3 Å². The van der Waals surface area contributed by atoms with Gasteiger partial charge in [0, 0.05) is 31.4 Å². The number of aromatic nitrogens is 4. The molecule has 0 spiro atoms. The second-order valence-electron chi connectivity index (χ2n) is 6.03. The van der Waals surface area contributed by atoms with Gasteiger partial charge in [0.1, 0.15) is 4.83 Å². The third kappa shape index (κ3) is 2.07. The minimum Gasteiger partial charge on any atom is -0.321 e. The van der Waals surface area contributed by atoms with Gasteiger partial charge in [-0.15, -0.1) is 22.7 Å². The van der Waals surface area contributed by atoms with E-state index in [0.29, 0.717) is 10.6 Å². The molecule has 0 saturated carbocycles. The molecule has 130 valence electrons. The third-order valence-corrected chi connectivity index (χ3v) is 6.27. The molecule has 0 atom stereocenters.